The third-order valence-electron chi connectivity index (χ3n) is 4.44. The molecule has 10 heteroatoms. The predicted octanol–water partition coefficient (Wildman–Crippen LogP) is 2.07. The Bertz CT molecular complexity index is 1220. The number of carbonyl (C=O) groups is 1. The molecule has 1 N–H and O–H groups in total. The number of hydrogen-bond donors (Lipinski definition) is 1. The monoisotopic (exact) mass is 438 g/mol. The largest absolute Gasteiger partial charge is 0.300 e. The van der Waals surface area contributed by atoms with Crippen molar-refractivity contribution in [1.29, 1.82) is 0 Å². The summed E-state index contributed by atoms with van der Waals surface area (Å²) in [5.41, 5.74) is 0.539. The second-order valence-corrected chi connectivity index (χ2v) is 10.5. The molecule has 0 aliphatic carbocycles. The van der Waals surface area contributed by atoms with E-state index in [1.165, 1.54) is 31.2 Å². The second kappa shape index (κ2) is 7.60. The summed E-state index contributed by atoms with van der Waals surface area (Å²) in [4.78, 5) is 13.7. The van der Waals surface area contributed by atoms with Gasteiger partial charge in [0.2, 0.25) is 10.0 Å². The van der Waals surface area contributed by atoms with Crippen molar-refractivity contribution in [3.63, 3.8) is 0 Å². The number of nitrogens with one attached hydrogen (secondary N) is 1. The van der Waals surface area contributed by atoms with Gasteiger partial charge in [-0.3, -0.25) is 9.52 Å². The zero-order chi connectivity index (χ0) is 21.4. The molecule has 0 saturated carbocycles. The molecule has 0 bridgehead atoms. The van der Waals surface area contributed by atoms with Crippen LogP contribution in [0.3, 0.4) is 0 Å². The number of hydrogen-bond acceptors (Lipinski definition) is 5. The van der Waals surface area contributed by atoms with Crippen molar-refractivity contribution in [2.45, 2.75) is 11.8 Å². The summed E-state index contributed by atoms with van der Waals surface area (Å²) >= 11 is 0. The van der Waals surface area contributed by atoms with Crippen LogP contribution in [-0.2, 0) is 24.7 Å². The highest BCUT2D eigenvalue weighted by Crippen LogP contribution is 2.32. The van der Waals surface area contributed by atoms with Crippen molar-refractivity contribution in [2.24, 2.45) is 0 Å². The summed E-state index contributed by atoms with van der Waals surface area (Å²) in [6.45, 7) is 1.45. The summed E-state index contributed by atoms with van der Waals surface area (Å²) < 4.78 is 64.4. The fourth-order valence-electron chi connectivity index (χ4n) is 2.95. The third kappa shape index (κ3) is 4.33. The molecule has 0 aromatic heterocycles. The van der Waals surface area contributed by atoms with Crippen molar-refractivity contribution < 1.29 is 26.0 Å². The van der Waals surface area contributed by atoms with E-state index < -0.39 is 31.6 Å². The van der Waals surface area contributed by atoms with Gasteiger partial charge in [0.1, 0.15) is 11.5 Å². The minimum Gasteiger partial charge on any atom is -0.300 e. The molecule has 2 aromatic carbocycles. The molecule has 0 atom stereocenters. The van der Waals surface area contributed by atoms with Crippen LogP contribution < -0.4 is 9.62 Å². The van der Waals surface area contributed by atoms with Crippen molar-refractivity contribution in [3.8, 4) is 11.1 Å². The van der Waals surface area contributed by atoms with Gasteiger partial charge in [0, 0.05) is 18.4 Å². The third-order valence-corrected chi connectivity index (χ3v) is 6.88. The summed E-state index contributed by atoms with van der Waals surface area (Å²) in [6.07, 6.45) is 2.45. The molecule has 1 amide bonds. The molecule has 1 aliphatic heterocycles. The van der Waals surface area contributed by atoms with E-state index in [1.807, 2.05) is 0 Å². The van der Waals surface area contributed by atoms with Crippen molar-refractivity contribution in [2.75, 3.05) is 23.5 Å². The smallest absolute Gasteiger partial charge is 0.275 e. The summed E-state index contributed by atoms with van der Waals surface area (Å²) in [5.74, 6) is -1.59. The lowest BCUT2D eigenvalue weighted by molar-refractivity contribution is -0.114. The van der Waals surface area contributed by atoms with Gasteiger partial charge < -0.3 is 4.90 Å². The first-order chi connectivity index (χ1) is 13.5. The maximum atomic E-state index is 14.8. The lowest BCUT2D eigenvalue weighted by Gasteiger charge is -2.18. The van der Waals surface area contributed by atoms with E-state index in [1.54, 1.807) is 18.2 Å². The van der Waals surface area contributed by atoms with E-state index in [0.717, 1.165) is 17.2 Å². The fraction of sp³-hybridized carbons (Fsp3) is 0.211. The van der Waals surface area contributed by atoms with Gasteiger partial charge in [0.15, 0.2) is 9.84 Å². The fourth-order valence-corrected chi connectivity index (χ4v) is 4.51. The summed E-state index contributed by atoms with van der Waals surface area (Å²) in [6, 6.07) is 10.3. The molecule has 1 heterocycles. The van der Waals surface area contributed by atoms with E-state index in [4.69, 9.17) is 0 Å². The molecule has 1 aliphatic rings. The average molecular weight is 439 g/mol. The van der Waals surface area contributed by atoms with Gasteiger partial charge in [0.05, 0.1) is 16.3 Å². The zero-order valence-electron chi connectivity index (χ0n) is 15.7. The lowest BCUT2D eigenvalue weighted by atomic mass is 10.0. The van der Waals surface area contributed by atoms with Crippen LogP contribution >= 0.6 is 0 Å². The van der Waals surface area contributed by atoms with Crippen LogP contribution in [0.5, 0.6) is 0 Å². The molecule has 154 valence electrons. The van der Waals surface area contributed by atoms with E-state index in [2.05, 4.69) is 4.72 Å². The molecule has 0 fully saturated rings. The van der Waals surface area contributed by atoms with Crippen LogP contribution in [0.1, 0.15) is 6.92 Å². The molecule has 0 spiro atoms. The molecule has 2 aromatic rings. The molecule has 0 saturated heterocycles. The number of sulfone groups is 1. The van der Waals surface area contributed by atoms with E-state index in [-0.39, 0.29) is 28.6 Å². The number of sulfonamides is 1. The van der Waals surface area contributed by atoms with E-state index in [0.29, 0.717) is 11.1 Å². The highest BCUT2D eigenvalue weighted by molar-refractivity contribution is 7.90. The maximum Gasteiger partial charge on any atom is 0.275 e. The first-order valence-corrected chi connectivity index (χ1v) is 12.2. The van der Waals surface area contributed by atoms with Crippen LogP contribution in [0.4, 0.5) is 10.1 Å². The second-order valence-electron chi connectivity index (χ2n) is 6.47. The molecule has 29 heavy (non-hydrogen) atoms. The summed E-state index contributed by atoms with van der Waals surface area (Å²) in [5, 5.41) is 0. The topological polar surface area (TPSA) is 101 Å². The van der Waals surface area contributed by atoms with Crippen molar-refractivity contribution in [1.82, 2.24) is 4.72 Å². The summed E-state index contributed by atoms with van der Waals surface area (Å²) in [7, 11) is -7.15. The molecule has 0 radical (unpaired) electrons. The normalized spacial score (nSPS) is 14.8. The van der Waals surface area contributed by atoms with Crippen LogP contribution in [-0.4, -0.2) is 41.3 Å². The van der Waals surface area contributed by atoms with Crippen LogP contribution in [0.15, 0.2) is 59.1 Å². The standard InChI is InChI=1S/C19H19FN2O5S2/c1-3-29(26,27)21-16-10-11-22(19(16)23)17-9-8-13(12-15(17)20)14-6-4-5-7-18(14)28(2,24)25/h4-10,12,21H,3,11H2,1-2H3. The minimum atomic E-state index is -3.63. The van der Waals surface area contributed by atoms with Gasteiger partial charge >= 0.3 is 0 Å². The van der Waals surface area contributed by atoms with Gasteiger partial charge in [0.25, 0.3) is 5.91 Å². The van der Waals surface area contributed by atoms with Crippen LogP contribution in [0.2, 0.25) is 0 Å². The Morgan fingerprint density at radius 1 is 1.10 bits per heavy atom. The SMILES string of the molecule is CCS(=O)(=O)NC1=CCN(c2ccc(-c3ccccc3S(C)(=O)=O)cc2F)C1=O. The number of halogens is 1. The first kappa shape index (κ1) is 21.0. The highest BCUT2D eigenvalue weighted by atomic mass is 32.2. The Kier molecular flexibility index (Phi) is 5.50. The van der Waals surface area contributed by atoms with Crippen molar-refractivity contribution >= 4 is 31.5 Å². The first-order valence-electron chi connectivity index (χ1n) is 8.65. The Balaban J connectivity index is 1.92. The van der Waals surface area contributed by atoms with Crippen LogP contribution in [0.25, 0.3) is 11.1 Å². The van der Waals surface area contributed by atoms with Crippen molar-refractivity contribution in [3.05, 3.63) is 60.1 Å². The number of carbonyl (C=O) groups excluding carboxylic acids is 1. The Hall–Kier alpha value is -2.72. The zero-order valence-corrected chi connectivity index (χ0v) is 17.3. The quantitative estimate of drug-likeness (QED) is 0.744. The van der Waals surface area contributed by atoms with Gasteiger partial charge in [-0.2, -0.15) is 0 Å². The molecule has 7 nitrogen and oxygen atoms in total. The number of nitrogens with zero attached hydrogens (tertiary/aromatic N) is 1. The minimum absolute atomic E-state index is 0.0105. The Labute approximate surface area is 168 Å². The van der Waals surface area contributed by atoms with E-state index >= 15 is 0 Å². The number of anilines is 1. The molecule has 3 rings (SSSR count). The van der Waals surface area contributed by atoms with Crippen LogP contribution in [0, 0.1) is 5.82 Å². The van der Waals surface area contributed by atoms with Gasteiger partial charge in [-0.15, -0.1) is 0 Å². The number of benzene rings is 2. The van der Waals surface area contributed by atoms with Gasteiger partial charge in [-0.25, -0.2) is 21.2 Å². The lowest BCUT2D eigenvalue weighted by Crippen LogP contribution is -2.34. The average Bonchev–Trinajstić information content (AvgIpc) is 3.01. The number of rotatable bonds is 6. The Morgan fingerprint density at radius 2 is 1.79 bits per heavy atom. The van der Waals surface area contributed by atoms with Gasteiger partial charge in [-0.05, 0) is 36.8 Å². The maximum absolute atomic E-state index is 14.8. The van der Waals surface area contributed by atoms with Gasteiger partial charge in [-0.1, -0.05) is 24.3 Å². The predicted molar refractivity (Wildman–Crippen MR) is 108 cm³/mol. The molecule has 0 unspecified atom stereocenters. The number of amides is 1. The van der Waals surface area contributed by atoms with E-state index in [9.17, 15) is 26.0 Å². The highest BCUT2D eigenvalue weighted by Gasteiger charge is 2.29. The molecular formula is C19H19FN2O5S2. The molecular weight excluding hydrogens is 419 g/mol. The Morgan fingerprint density at radius 3 is 2.41 bits per heavy atom.